The first-order chi connectivity index (χ1) is 11.1. The molecule has 7 heteroatoms. The molecule has 0 radical (unpaired) electrons. The second-order valence-electron chi connectivity index (χ2n) is 4.91. The van der Waals surface area contributed by atoms with Gasteiger partial charge in [0.1, 0.15) is 5.82 Å². The molecule has 0 saturated carbocycles. The third kappa shape index (κ3) is 3.23. The molecule has 2 aromatic heterocycles. The van der Waals surface area contributed by atoms with Crippen molar-refractivity contribution in [1.29, 1.82) is 0 Å². The fraction of sp³-hybridized carbons (Fsp3) is 0.125. The van der Waals surface area contributed by atoms with Gasteiger partial charge in [0, 0.05) is 13.1 Å². The van der Waals surface area contributed by atoms with Crippen molar-refractivity contribution in [2.45, 2.75) is 13.5 Å². The summed E-state index contributed by atoms with van der Waals surface area (Å²) in [6.45, 7) is 1.83. The maximum Gasteiger partial charge on any atom is 0.183 e. The summed E-state index contributed by atoms with van der Waals surface area (Å²) < 4.78 is 14.6. The number of aromatic nitrogens is 4. The maximum absolute atomic E-state index is 13.1. The lowest BCUT2D eigenvalue weighted by Gasteiger charge is -2.09. The van der Waals surface area contributed by atoms with E-state index in [0.717, 1.165) is 5.69 Å². The number of hydrogen-bond acceptors (Lipinski definition) is 5. The lowest BCUT2D eigenvalue weighted by Crippen LogP contribution is -2.10. The van der Waals surface area contributed by atoms with Crippen LogP contribution in [0.3, 0.4) is 0 Å². The number of pyridine rings is 1. The fourth-order valence-electron chi connectivity index (χ4n) is 2.12. The minimum Gasteiger partial charge on any atom is -0.362 e. The van der Waals surface area contributed by atoms with Gasteiger partial charge >= 0.3 is 0 Å². The molecule has 0 spiro atoms. The Morgan fingerprint density at radius 3 is 2.65 bits per heavy atom. The quantitative estimate of drug-likeness (QED) is 0.733. The first kappa shape index (κ1) is 14.8. The Balaban J connectivity index is 1.94. The lowest BCUT2D eigenvalue weighted by atomic mass is 10.2. The van der Waals surface area contributed by atoms with Gasteiger partial charge in [-0.1, -0.05) is 11.3 Å². The average Bonchev–Trinajstić information content (AvgIpc) is 2.99. The predicted molar refractivity (Wildman–Crippen MR) is 82.9 cm³/mol. The largest absolute Gasteiger partial charge is 0.362 e. The highest BCUT2D eigenvalue weighted by Crippen LogP contribution is 2.19. The molecule has 2 heterocycles. The lowest BCUT2D eigenvalue weighted by molar-refractivity contribution is 0.101. The highest BCUT2D eigenvalue weighted by Gasteiger charge is 2.17. The Labute approximate surface area is 132 Å². The van der Waals surface area contributed by atoms with Crippen molar-refractivity contribution in [1.82, 2.24) is 20.0 Å². The predicted octanol–water partition coefficient (Wildman–Crippen LogP) is 2.62. The van der Waals surface area contributed by atoms with Gasteiger partial charge in [-0.3, -0.25) is 9.78 Å². The van der Waals surface area contributed by atoms with Crippen LogP contribution < -0.4 is 5.32 Å². The molecule has 23 heavy (non-hydrogen) atoms. The second-order valence-corrected chi connectivity index (χ2v) is 4.91. The SMILES string of the molecule is CC(=O)c1nnn(-c2ccc(F)cc2)c1NCc1ccccn1. The summed E-state index contributed by atoms with van der Waals surface area (Å²) in [6, 6.07) is 11.4. The van der Waals surface area contributed by atoms with Crippen LogP contribution in [0.15, 0.2) is 48.7 Å². The molecule has 0 bridgehead atoms. The zero-order valence-corrected chi connectivity index (χ0v) is 12.4. The van der Waals surface area contributed by atoms with Gasteiger partial charge in [-0.2, -0.15) is 4.68 Å². The van der Waals surface area contributed by atoms with Crippen molar-refractivity contribution in [3.63, 3.8) is 0 Å². The smallest absolute Gasteiger partial charge is 0.183 e. The average molecular weight is 311 g/mol. The third-order valence-corrected chi connectivity index (χ3v) is 3.24. The van der Waals surface area contributed by atoms with E-state index in [0.29, 0.717) is 18.1 Å². The Morgan fingerprint density at radius 1 is 1.22 bits per heavy atom. The monoisotopic (exact) mass is 311 g/mol. The molecule has 3 rings (SSSR count). The van der Waals surface area contributed by atoms with Gasteiger partial charge in [-0.15, -0.1) is 5.10 Å². The van der Waals surface area contributed by atoms with Crippen molar-refractivity contribution in [3.05, 3.63) is 65.9 Å². The van der Waals surface area contributed by atoms with Crippen molar-refractivity contribution in [2.24, 2.45) is 0 Å². The Hall–Kier alpha value is -3.09. The summed E-state index contributed by atoms with van der Waals surface area (Å²) in [7, 11) is 0. The van der Waals surface area contributed by atoms with Crippen LogP contribution in [0.1, 0.15) is 23.1 Å². The van der Waals surface area contributed by atoms with Crippen LogP contribution in [0.4, 0.5) is 10.2 Å². The van der Waals surface area contributed by atoms with Gasteiger partial charge < -0.3 is 5.32 Å². The van der Waals surface area contributed by atoms with E-state index >= 15 is 0 Å². The van der Waals surface area contributed by atoms with Crippen molar-refractivity contribution < 1.29 is 9.18 Å². The van der Waals surface area contributed by atoms with E-state index in [1.807, 2.05) is 18.2 Å². The number of benzene rings is 1. The fourth-order valence-corrected chi connectivity index (χ4v) is 2.12. The van der Waals surface area contributed by atoms with Crippen LogP contribution in [0.2, 0.25) is 0 Å². The molecule has 0 aliphatic rings. The zero-order valence-electron chi connectivity index (χ0n) is 12.4. The first-order valence-corrected chi connectivity index (χ1v) is 7.01. The summed E-state index contributed by atoms with van der Waals surface area (Å²) >= 11 is 0. The molecule has 1 N–H and O–H groups in total. The molecule has 0 atom stereocenters. The van der Waals surface area contributed by atoms with E-state index in [4.69, 9.17) is 0 Å². The third-order valence-electron chi connectivity index (χ3n) is 3.24. The summed E-state index contributed by atoms with van der Waals surface area (Å²) in [5.74, 6) is -0.0969. The van der Waals surface area contributed by atoms with Crippen molar-refractivity contribution in [3.8, 4) is 5.69 Å². The molecule has 0 amide bonds. The van der Waals surface area contributed by atoms with Crippen LogP contribution >= 0.6 is 0 Å². The Kier molecular flexibility index (Phi) is 4.09. The van der Waals surface area contributed by atoms with E-state index in [1.165, 1.54) is 23.7 Å². The topological polar surface area (TPSA) is 72.7 Å². The van der Waals surface area contributed by atoms with Gasteiger partial charge in [-0.25, -0.2) is 4.39 Å². The van der Waals surface area contributed by atoms with Gasteiger partial charge in [0.2, 0.25) is 0 Å². The molecular formula is C16H14FN5O. The molecule has 116 valence electrons. The molecular weight excluding hydrogens is 297 g/mol. The van der Waals surface area contributed by atoms with Crippen molar-refractivity contribution >= 4 is 11.6 Å². The van der Waals surface area contributed by atoms with Crippen LogP contribution in [0, 0.1) is 5.82 Å². The molecule has 0 aliphatic heterocycles. The van der Waals surface area contributed by atoms with Crippen LogP contribution in [0.25, 0.3) is 5.69 Å². The van der Waals surface area contributed by atoms with Crippen LogP contribution in [-0.2, 0) is 6.54 Å². The molecule has 6 nitrogen and oxygen atoms in total. The second kappa shape index (κ2) is 6.35. The molecule has 0 fully saturated rings. The normalized spacial score (nSPS) is 10.5. The number of rotatable bonds is 5. The van der Waals surface area contributed by atoms with Crippen LogP contribution in [0.5, 0.6) is 0 Å². The standard InChI is InChI=1S/C16H14FN5O/c1-11(23)15-16(19-10-13-4-2-3-9-18-13)22(21-20-15)14-7-5-12(17)6-8-14/h2-9,19H,10H2,1H3. The minimum atomic E-state index is -0.344. The maximum atomic E-state index is 13.1. The van der Waals surface area contributed by atoms with Gasteiger partial charge in [0.05, 0.1) is 17.9 Å². The zero-order chi connectivity index (χ0) is 16.2. The summed E-state index contributed by atoms with van der Waals surface area (Å²) in [5.41, 5.74) is 1.65. The Bertz CT molecular complexity index is 814. The molecule has 1 aromatic carbocycles. The number of nitrogens with zero attached hydrogens (tertiary/aromatic N) is 4. The highest BCUT2D eigenvalue weighted by molar-refractivity contribution is 5.96. The van der Waals surface area contributed by atoms with Crippen LogP contribution in [-0.4, -0.2) is 25.8 Å². The van der Waals surface area contributed by atoms with Gasteiger partial charge in [-0.05, 0) is 36.4 Å². The molecule has 0 saturated heterocycles. The summed E-state index contributed by atoms with van der Waals surface area (Å²) in [5, 5.41) is 11.0. The number of carbonyl (C=O) groups is 1. The number of Topliss-reactive ketones (excluding diaryl/α,β-unsaturated/α-hetero) is 1. The summed E-state index contributed by atoms with van der Waals surface area (Å²) in [6.07, 6.45) is 1.69. The number of nitrogens with one attached hydrogen (secondary N) is 1. The molecule has 0 aliphatic carbocycles. The van der Waals surface area contributed by atoms with E-state index in [2.05, 4.69) is 20.6 Å². The van der Waals surface area contributed by atoms with Gasteiger partial charge in [0.15, 0.2) is 17.3 Å². The van der Waals surface area contributed by atoms with E-state index in [-0.39, 0.29) is 17.3 Å². The highest BCUT2D eigenvalue weighted by atomic mass is 19.1. The Morgan fingerprint density at radius 2 is 2.00 bits per heavy atom. The van der Waals surface area contributed by atoms with E-state index in [1.54, 1.807) is 18.3 Å². The minimum absolute atomic E-state index is 0.207. The molecule has 0 unspecified atom stereocenters. The molecule has 3 aromatic rings. The number of hydrogen-bond donors (Lipinski definition) is 1. The van der Waals surface area contributed by atoms with Gasteiger partial charge in [0.25, 0.3) is 0 Å². The van der Waals surface area contributed by atoms with E-state index in [9.17, 15) is 9.18 Å². The number of carbonyl (C=O) groups excluding carboxylic acids is 1. The van der Waals surface area contributed by atoms with E-state index < -0.39 is 0 Å². The number of halogens is 1. The summed E-state index contributed by atoms with van der Waals surface area (Å²) in [4.78, 5) is 16.0. The van der Waals surface area contributed by atoms with Crippen molar-refractivity contribution in [2.75, 3.05) is 5.32 Å². The number of anilines is 1. The first-order valence-electron chi connectivity index (χ1n) is 7.01. The number of ketones is 1.